The predicted octanol–water partition coefficient (Wildman–Crippen LogP) is 14.3. The van der Waals surface area contributed by atoms with Gasteiger partial charge in [-0.3, -0.25) is 0 Å². The second kappa shape index (κ2) is 13.9. The molecular weight excluding hydrogens is 747 g/mol. The summed E-state index contributed by atoms with van der Waals surface area (Å²) in [5.41, 5.74) is 24.9. The largest absolute Gasteiger partial charge is 0.311 e. The number of fused-ring (bicyclic) bond motifs is 5. The molecule has 2 heterocycles. The van der Waals surface area contributed by atoms with E-state index < -0.39 is 0 Å². The topological polar surface area (TPSA) is 6.48 Å². The van der Waals surface area contributed by atoms with Crippen molar-refractivity contribution in [3.8, 4) is 22.3 Å². The molecule has 0 spiro atoms. The molecule has 0 aromatic heterocycles. The van der Waals surface area contributed by atoms with Crippen molar-refractivity contribution in [1.82, 2.24) is 0 Å². The maximum atomic E-state index is 2.66. The molecule has 0 saturated heterocycles. The van der Waals surface area contributed by atoms with Gasteiger partial charge in [-0.15, -0.1) is 0 Å². The third kappa shape index (κ3) is 6.37. The van der Waals surface area contributed by atoms with Crippen LogP contribution in [0.15, 0.2) is 140 Å². The normalized spacial score (nSPS) is 15.8. The Morgan fingerprint density at radius 3 is 1.58 bits per heavy atom. The van der Waals surface area contributed by atoms with Crippen LogP contribution in [-0.2, 0) is 21.7 Å². The van der Waals surface area contributed by atoms with Crippen LogP contribution in [0.3, 0.4) is 0 Å². The minimum Gasteiger partial charge on any atom is -0.311 e. The van der Waals surface area contributed by atoms with Crippen LogP contribution in [0.4, 0.5) is 34.1 Å². The number of rotatable bonds is 4. The third-order valence-corrected chi connectivity index (χ3v) is 14.3. The molecule has 0 unspecified atom stereocenters. The molecule has 0 bridgehead atoms. The van der Waals surface area contributed by atoms with Crippen LogP contribution in [0.25, 0.3) is 22.3 Å². The zero-order chi connectivity index (χ0) is 43.7. The first-order valence-corrected chi connectivity index (χ1v) is 22.8. The first kappa shape index (κ1) is 40.3. The van der Waals surface area contributed by atoms with Crippen molar-refractivity contribution in [3.63, 3.8) is 0 Å². The molecule has 10 rings (SSSR count). The molecule has 7 aromatic carbocycles. The highest BCUT2D eigenvalue weighted by Crippen LogP contribution is 2.54. The molecule has 0 atom stereocenters. The van der Waals surface area contributed by atoms with Gasteiger partial charge in [0.15, 0.2) is 0 Å². The number of benzene rings is 7. The van der Waals surface area contributed by atoms with Crippen molar-refractivity contribution < 1.29 is 0 Å². The lowest BCUT2D eigenvalue weighted by atomic mass is 9.33. The number of hydrogen-bond donors (Lipinski definition) is 0. The average molecular weight is 809 g/mol. The molecule has 0 saturated carbocycles. The monoisotopic (exact) mass is 808 g/mol. The fourth-order valence-electron chi connectivity index (χ4n) is 11.3. The van der Waals surface area contributed by atoms with E-state index in [1.54, 1.807) is 0 Å². The average Bonchev–Trinajstić information content (AvgIpc) is 3.41. The molecule has 0 radical (unpaired) electrons. The molecule has 7 aromatic rings. The highest BCUT2D eigenvalue weighted by atomic mass is 15.2. The third-order valence-electron chi connectivity index (χ3n) is 14.3. The quantitative estimate of drug-likeness (QED) is 0.163. The van der Waals surface area contributed by atoms with Crippen LogP contribution in [0.1, 0.15) is 109 Å². The van der Waals surface area contributed by atoms with Crippen molar-refractivity contribution in [2.45, 2.75) is 111 Å². The molecule has 62 heavy (non-hydrogen) atoms. The molecule has 0 fully saturated rings. The van der Waals surface area contributed by atoms with E-state index in [9.17, 15) is 0 Å². The maximum absolute atomic E-state index is 2.66. The molecule has 3 heteroatoms. The van der Waals surface area contributed by atoms with Crippen molar-refractivity contribution in [2.24, 2.45) is 0 Å². The summed E-state index contributed by atoms with van der Waals surface area (Å²) < 4.78 is 0. The first-order chi connectivity index (χ1) is 29.3. The summed E-state index contributed by atoms with van der Waals surface area (Å²) >= 11 is 0. The van der Waals surface area contributed by atoms with E-state index in [0.717, 1.165) is 6.42 Å². The summed E-state index contributed by atoms with van der Waals surface area (Å²) in [6.45, 7) is 28.4. The maximum Gasteiger partial charge on any atom is 0.252 e. The molecule has 0 amide bonds. The number of aryl methyl sites for hydroxylation is 2. The van der Waals surface area contributed by atoms with Gasteiger partial charge in [0.25, 0.3) is 6.71 Å². The summed E-state index contributed by atoms with van der Waals surface area (Å²) in [6, 6.07) is 53.9. The van der Waals surface area contributed by atoms with Crippen LogP contribution in [0.5, 0.6) is 0 Å². The SMILES string of the molecule is Cc1cc2c3c(c1)N(c1ccc(C(C)(C)C)cc1-c1ccccc1)c1cc4c(cc1B3c1ccc(-c3ccccc3)cc1N2c1ccc(C(C)(C)C)cc1C)C(C)(C)CC4(C)C. The Kier molecular flexibility index (Phi) is 9.00. The van der Waals surface area contributed by atoms with Crippen molar-refractivity contribution in [3.05, 3.63) is 173 Å². The minimum absolute atomic E-state index is 0.00486. The zero-order valence-corrected chi connectivity index (χ0v) is 39.0. The van der Waals surface area contributed by atoms with Gasteiger partial charge in [0.1, 0.15) is 0 Å². The Balaban J connectivity index is 1.33. The highest BCUT2D eigenvalue weighted by Gasteiger charge is 2.48. The van der Waals surface area contributed by atoms with Crippen molar-refractivity contribution in [1.29, 1.82) is 0 Å². The second-order valence-electron chi connectivity index (χ2n) is 22.0. The van der Waals surface area contributed by atoms with Gasteiger partial charge in [0, 0.05) is 34.0 Å². The lowest BCUT2D eigenvalue weighted by molar-refractivity contribution is 0.403. The van der Waals surface area contributed by atoms with E-state index in [1.165, 1.54) is 106 Å². The Labute approximate surface area is 371 Å². The Morgan fingerprint density at radius 2 is 0.984 bits per heavy atom. The van der Waals surface area contributed by atoms with Gasteiger partial charge in [-0.25, -0.2) is 0 Å². The zero-order valence-electron chi connectivity index (χ0n) is 39.0. The van der Waals surface area contributed by atoms with E-state index in [0.29, 0.717) is 0 Å². The van der Waals surface area contributed by atoms with E-state index in [-0.39, 0.29) is 28.4 Å². The van der Waals surface area contributed by atoms with Crippen molar-refractivity contribution in [2.75, 3.05) is 9.80 Å². The number of nitrogens with zero attached hydrogens (tertiary/aromatic N) is 2. The van der Waals surface area contributed by atoms with E-state index in [2.05, 4.69) is 232 Å². The minimum atomic E-state index is -0.00486. The number of anilines is 6. The van der Waals surface area contributed by atoms with Crippen LogP contribution in [0, 0.1) is 13.8 Å². The Morgan fingerprint density at radius 1 is 0.452 bits per heavy atom. The van der Waals surface area contributed by atoms with Crippen LogP contribution < -0.4 is 26.2 Å². The summed E-state index contributed by atoms with van der Waals surface area (Å²) in [6.07, 6.45) is 1.12. The summed E-state index contributed by atoms with van der Waals surface area (Å²) in [4.78, 5) is 5.27. The summed E-state index contributed by atoms with van der Waals surface area (Å²) in [5.74, 6) is 0. The smallest absolute Gasteiger partial charge is 0.252 e. The van der Waals surface area contributed by atoms with Gasteiger partial charge in [0.2, 0.25) is 0 Å². The van der Waals surface area contributed by atoms with Crippen LogP contribution in [-0.4, -0.2) is 6.71 Å². The molecule has 3 aliphatic rings. The molecule has 310 valence electrons. The molecular formula is C59H61BN2. The van der Waals surface area contributed by atoms with Crippen LogP contribution in [0.2, 0.25) is 0 Å². The predicted molar refractivity (Wildman–Crippen MR) is 269 cm³/mol. The molecule has 2 nitrogen and oxygen atoms in total. The standard InChI is InChI=1S/C59H61BN2/c1-37-29-53-55-54(30-37)62(50-28-25-43(57(6,7)8)33-44(50)40-21-17-14-18-22-40)52-35-46-45(58(9,10)36-59(46,11)12)34-48(52)60(55)47-26-23-41(39-19-15-13-16-20-39)32-51(47)61(53)49-27-24-42(31-38(49)2)56(3,4)5/h13-35H,36H2,1-12H3. The first-order valence-electron chi connectivity index (χ1n) is 22.8. The van der Waals surface area contributed by atoms with Crippen molar-refractivity contribution >= 4 is 57.2 Å². The molecule has 2 aliphatic heterocycles. The number of hydrogen-bond acceptors (Lipinski definition) is 2. The van der Waals surface area contributed by atoms with Gasteiger partial charge >= 0.3 is 0 Å². The van der Waals surface area contributed by atoms with Gasteiger partial charge < -0.3 is 9.80 Å². The lowest BCUT2D eigenvalue weighted by Crippen LogP contribution is -2.61. The fourth-order valence-corrected chi connectivity index (χ4v) is 11.3. The summed E-state index contributed by atoms with van der Waals surface area (Å²) in [5, 5.41) is 0. The van der Waals surface area contributed by atoms with Crippen LogP contribution >= 0.6 is 0 Å². The van der Waals surface area contributed by atoms with Gasteiger partial charge in [-0.1, -0.05) is 166 Å². The van der Waals surface area contributed by atoms with E-state index in [1.807, 2.05) is 0 Å². The van der Waals surface area contributed by atoms with Gasteiger partial charge in [0.05, 0.1) is 5.69 Å². The molecule has 1 aliphatic carbocycles. The Bertz CT molecular complexity index is 2920. The lowest BCUT2D eigenvalue weighted by Gasteiger charge is -2.45. The second-order valence-corrected chi connectivity index (χ2v) is 22.0. The fraction of sp³-hybridized carbons (Fsp3) is 0.288. The molecule has 0 N–H and O–H groups in total. The van der Waals surface area contributed by atoms with E-state index >= 15 is 0 Å². The Hall–Kier alpha value is -5.80. The van der Waals surface area contributed by atoms with Gasteiger partial charge in [-0.2, -0.15) is 0 Å². The summed E-state index contributed by atoms with van der Waals surface area (Å²) in [7, 11) is 0. The highest BCUT2D eigenvalue weighted by molar-refractivity contribution is 7.00. The van der Waals surface area contributed by atoms with Gasteiger partial charge in [-0.05, 0) is 151 Å². The van der Waals surface area contributed by atoms with E-state index in [4.69, 9.17) is 0 Å².